The standard InChI is InChI=1S/C13H23NO2/c1-3-6-11-9-13(16)14(10-11)8-5-7-12(15)4-2/h11H,3-10H2,1-2H3. The molecule has 0 aromatic rings. The van der Waals surface area contributed by atoms with Crippen LogP contribution in [0.5, 0.6) is 0 Å². The highest BCUT2D eigenvalue weighted by atomic mass is 16.2. The molecule has 0 bridgehead atoms. The van der Waals surface area contributed by atoms with E-state index in [4.69, 9.17) is 0 Å². The van der Waals surface area contributed by atoms with Crippen molar-refractivity contribution < 1.29 is 9.59 Å². The molecule has 0 aromatic carbocycles. The highest BCUT2D eigenvalue weighted by molar-refractivity contribution is 5.79. The van der Waals surface area contributed by atoms with Gasteiger partial charge in [0.05, 0.1) is 0 Å². The molecule has 1 aliphatic heterocycles. The van der Waals surface area contributed by atoms with Gasteiger partial charge in [-0.05, 0) is 18.8 Å². The molecule has 3 nitrogen and oxygen atoms in total. The second-order valence-corrected chi connectivity index (χ2v) is 4.69. The summed E-state index contributed by atoms with van der Waals surface area (Å²) >= 11 is 0. The van der Waals surface area contributed by atoms with E-state index in [9.17, 15) is 9.59 Å². The zero-order valence-corrected chi connectivity index (χ0v) is 10.5. The smallest absolute Gasteiger partial charge is 0.222 e. The van der Waals surface area contributed by atoms with E-state index in [0.29, 0.717) is 24.5 Å². The van der Waals surface area contributed by atoms with Crippen LogP contribution in [0.3, 0.4) is 0 Å². The molecule has 0 radical (unpaired) electrons. The summed E-state index contributed by atoms with van der Waals surface area (Å²) < 4.78 is 0. The van der Waals surface area contributed by atoms with Gasteiger partial charge in [-0.25, -0.2) is 0 Å². The molecule has 0 N–H and O–H groups in total. The minimum atomic E-state index is 0.280. The Morgan fingerprint density at radius 2 is 2.19 bits per heavy atom. The molecule has 92 valence electrons. The Bertz CT molecular complexity index is 250. The van der Waals surface area contributed by atoms with Crippen LogP contribution in [-0.4, -0.2) is 29.7 Å². The number of hydrogen-bond donors (Lipinski definition) is 0. The van der Waals surface area contributed by atoms with Crippen LogP contribution in [0.4, 0.5) is 0 Å². The Hall–Kier alpha value is -0.860. The largest absolute Gasteiger partial charge is 0.342 e. The second-order valence-electron chi connectivity index (χ2n) is 4.69. The highest BCUT2D eigenvalue weighted by Gasteiger charge is 2.28. The zero-order valence-electron chi connectivity index (χ0n) is 10.5. The lowest BCUT2D eigenvalue weighted by molar-refractivity contribution is -0.128. The van der Waals surface area contributed by atoms with Gasteiger partial charge < -0.3 is 4.90 Å². The summed E-state index contributed by atoms with van der Waals surface area (Å²) in [4.78, 5) is 24.7. The fourth-order valence-corrected chi connectivity index (χ4v) is 2.32. The SMILES string of the molecule is CCCC1CC(=O)N(CCCC(=O)CC)C1. The van der Waals surface area contributed by atoms with Gasteiger partial charge in [0.15, 0.2) is 0 Å². The predicted molar refractivity (Wildman–Crippen MR) is 64.1 cm³/mol. The molecule has 0 aromatic heterocycles. The van der Waals surface area contributed by atoms with Crippen LogP contribution in [0.15, 0.2) is 0 Å². The molecule has 1 saturated heterocycles. The van der Waals surface area contributed by atoms with Crippen LogP contribution >= 0.6 is 0 Å². The monoisotopic (exact) mass is 225 g/mol. The maximum atomic E-state index is 11.6. The number of amides is 1. The third-order valence-corrected chi connectivity index (χ3v) is 3.27. The van der Waals surface area contributed by atoms with Crippen molar-refractivity contribution in [3.8, 4) is 0 Å². The molecule has 3 heteroatoms. The van der Waals surface area contributed by atoms with Crippen molar-refractivity contribution in [2.24, 2.45) is 5.92 Å². The Kier molecular flexibility index (Phi) is 5.50. The van der Waals surface area contributed by atoms with Gasteiger partial charge in [-0.1, -0.05) is 20.3 Å². The molecule has 0 saturated carbocycles. The van der Waals surface area contributed by atoms with E-state index >= 15 is 0 Å². The number of nitrogens with zero attached hydrogens (tertiary/aromatic N) is 1. The van der Waals surface area contributed by atoms with Gasteiger partial charge in [0.2, 0.25) is 5.91 Å². The Labute approximate surface area is 98.2 Å². The Morgan fingerprint density at radius 3 is 2.81 bits per heavy atom. The molecule has 1 rings (SSSR count). The summed E-state index contributed by atoms with van der Waals surface area (Å²) in [6, 6.07) is 0. The topological polar surface area (TPSA) is 37.4 Å². The quantitative estimate of drug-likeness (QED) is 0.667. The van der Waals surface area contributed by atoms with Gasteiger partial charge in [0, 0.05) is 32.4 Å². The first-order valence-corrected chi connectivity index (χ1v) is 6.46. The number of ketones is 1. The maximum absolute atomic E-state index is 11.6. The van der Waals surface area contributed by atoms with Gasteiger partial charge in [-0.3, -0.25) is 9.59 Å². The zero-order chi connectivity index (χ0) is 12.0. The van der Waals surface area contributed by atoms with E-state index in [-0.39, 0.29) is 5.91 Å². The first-order valence-electron chi connectivity index (χ1n) is 6.46. The van der Waals surface area contributed by atoms with Gasteiger partial charge in [0.1, 0.15) is 5.78 Å². The van der Waals surface area contributed by atoms with Gasteiger partial charge >= 0.3 is 0 Å². The van der Waals surface area contributed by atoms with Crippen LogP contribution < -0.4 is 0 Å². The average Bonchev–Trinajstić information content (AvgIpc) is 2.60. The number of hydrogen-bond acceptors (Lipinski definition) is 2. The van der Waals surface area contributed by atoms with Gasteiger partial charge in [-0.15, -0.1) is 0 Å². The number of carbonyl (C=O) groups is 2. The van der Waals surface area contributed by atoms with E-state index in [1.165, 1.54) is 0 Å². The molecule has 1 heterocycles. The molecule has 16 heavy (non-hydrogen) atoms. The first kappa shape index (κ1) is 13.2. The van der Waals surface area contributed by atoms with Crippen LogP contribution in [0.25, 0.3) is 0 Å². The third kappa shape index (κ3) is 3.95. The maximum Gasteiger partial charge on any atom is 0.222 e. The van der Waals surface area contributed by atoms with Crippen LogP contribution in [0.1, 0.15) is 52.4 Å². The first-order chi connectivity index (χ1) is 7.67. The van der Waals surface area contributed by atoms with Crippen molar-refractivity contribution in [1.82, 2.24) is 4.90 Å². The van der Waals surface area contributed by atoms with Crippen molar-refractivity contribution in [2.75, 3.05) is 13.1 Å². The second kappa shape index (κ2) is 6.66. The molecule has 1 aliphatic rings. The average molecular weight is 225 g/mol. The molecular weight excluding hydrogens is 202 g/mol. The predicted octanol–water partition coefficient (Wildman–Crippen LogP) is 2.39. The Morgan fingerprint density at radius 1 is 1.44 bits per heavy atom. The minimum Gasteiger partial charge on any atom is -0.342 e. The molecule has 0 spiro atoms. The number of rotatable bonds is 7. The van der Waals surface area contributed by atoms with Crippen LogP contribution in [0.2, 0.25) is 0 Å². The molecule has 1 unspecified atom stereocenters. The lowest BCUT2D eigenvalue weighted by Crippen LogP contribution is -2.26. The molecule has 0 aliphatic carbocycles. The Balaban J connectivity index is 2.22. The lowest BCUT2D eigenvalue weighted by atomic mass is 10.0. The van der Waals surface area contributed by atoms with Gasteiger partial charge in [-0.2, -0.15) is 0 Å². The molecule has 1 fully saturated rings. The van der Waals surface area contributed by atoms with E-state index in [1.807, 2.05) is 11.8 Å². The van der Waals surface area contributed by atoms with E-state index < -0.39 is 0 Å². The summed E-state index contributed by atoms with van der Waals surface area (Å²) in [5.74, 6) is 1.14. The number of Topliss-reactive ketones (excluding diaryl/α,β-unsaturated/α-hetero) is 1. The van der Waals surface area contributed by atoms with Crippen molar-refractivity contribution in [3.05, 3.63) is 0 Å². The number of carbonyl (C=O) groups excluding carboxylic acids is 2. The summed E-state index contributed by atoms with van der Waals surface area (Å²) in [7, 11) is 0. The highest BCUT2D eigenvalue weighted by Crippen LogP contribution is 2.22. The molecular formula is C13H23NO2. The van der Waals surface area contributed by atoms with Crippen molar-refractivity contribution >= 4 is 11.7 Å². The fourth-order valence-electron chi connectivity index (χ4n) is 2.32. The van der Waals surface area contributed by atoms with Crippen molar-refractivity contribution in [3.63, 3.8) is 0 Å². The minimum absolute atomic E-state index is 0.280. The van der Waals surface area contributed by atoms with Crippen molar-refractivity contribution in [2.45, 2.75) is 52.4 Å². The summed E-state index contributed by atoms with van der Waals surface area (Å²) in [5.41, 5.74) is 0. The lowest BCUT2D eigenvalue weighted by Gasteiger charge is -2.16. The van der Waals surface area contributed by atoms with Crippen LogP contribution in [-0.2, 0) is 9.59 Å². The van der Waals surface area contributed by atoms with Gasteiger partial charge in [0.25, 0.3) is 0 Å². The summed E-state index contributed by atoms with van der Waals surface area (Å²) in [6.45, 7) is 5.73. The van der Waals surface area contributed by atoms with Crippen LogP contribution in [0, 0.1) is 5.92 Å². The third-order valence-electron chi connectivity index (χ3n) is 3.27. The van der Waals surface area contributed by atoms with E-state index in [2.05, 4.69) is 6.92 Å². The molecule has 1 atom stereocenters. The van der Waals surface area contributed by atoms with E-state index in [0.717, 1.165) is 38.8 Å². The van der Waals surface area contributed by atoms with E-state index in [1.54, 1.807) is 0 Å². The number of likely N-dealkylation sites (tertiary alicyclic amines) is 1. The molecule has 1 amide bonds. The normalized spacial score (nSPS) is 20.5. The summed E-state index contributed by atoms with van der Waals surface area (Å²) in [5, 5.41) is 0. The summed E-state index contributed by atoms with van der Waals surface area (Å²) in [6.07, 6.45) is 5.09. The fraction of sp³-hybridized carbons (Fsp3) is 0.846. The van der Waals surface area contributed by atoms with Crippen molar-refractivity contribution in [1.29, 1.82) is 0 Å².